The molecule has 0 saturated heterocycles. The molecule has 8 nitrogen and oxygen atoms in total. The van der Waals surface area contributed by atoms with E-state index in [0.717, 1.165) is 32.6 Å². The van der Waals surface area contributed by atoms with Crippen molar-refractivity contribution in [3.63, 3.8) is 0 Å². The second-order valence-electron chi connectivity index (χ2n) is 8.60. The van der Waals surface area contributed by atoms with Crippen LogP contribution in [0.15, 0.2) is 58.4 Å². The lowest BCUT2D eigenvalue weighted by molar-refractivity contribution is -0.148. The Labute approximate surface area is 211 Å². The number of carbonyl (C=O) groups is 1. The van der Waals surface area contributed by atoms with Crippen molar-refractivity contribution < 1.29 is 19.0 Å². The number of methoxy groups -OCH3 is 1. The average Bonchev–Trinajstić information content (AvgIpc) is 3.09. The number of aromatic nitrogens is 2. The Kier molecular flexibility index (Phi) is 5.77. The number of nitrogens with zero attached hydrogens (tertiary/aromatic N) is 3. The molecule has 2 aliphatic heterocycles. The summed E-state index contributed by atoms with van der Waals surface area (Å²) in [4.78, 5) is 13.2. The van der Waals surface area contributed by atoms with E-state index >= 15 is 0 Å². The molecule has 0 fully saturated rings. The molecule has 3 aromatic rings. The summed E-state index contributed by atoms with van der Waals surface area (Å²) in [5.41, 5.74) is 10.6. The third kappa shape index (κ3) is 3.74. The fourth-order valence-corrected chi connectivity index (χ4v) is 5.17. The third-order valence-electron chi connectivity index (χ3n) is 6.62. The Morgan fingerprint density at radius 3 is 2.71 bits per heavy atom. The lowest BCUT2D eigenvalue weighted by atomic mass is 9.73. The van der Waals surface area contributed by atoms with Crippen LogP contribution in [0, 0.1) is 31.1 Å². The van der Waals surface area contributed by atoms with Crippen molar-refractivity contribution in [1.82, 2.24) is 9.78 Å². The zero-order valence-electron chi connectivity index (χ0n) is 19.4. The molecular weight excluding hydrogens is 512 g/mol. The van der Waals surface area contributed by atoms with Gasteiger partial charge < -0.3 is 19.9 Å². The number of hydrogen-bond donors (Lipinski definition) is 1. The minimum absolute atomic E-state index is 0.0168. The van der Waals surface area contributed by atoms with Crippen LogP contribution in [0.3, 0.4) is 0 Å². The number of rotatable bonds is 4. The number of nitriles is 1. The summed E-state index contributed by atoms with van der Waals surface area (Å²) in [7, 11) is 1.61. The lowest BCUT2D eigenvalue weighted by Gasteiger charge is -2.40. The monoisotopic (exact) mass is 534 g/mol. The number of benzene rings is 2. The maximum absolute atomic E-state index is 13.2. The van der Waals surface area contributed by atoms with Crippen molar-refractivity contribution in [2.75, 3.05) is 7.11 Å². The van der Waals surface area contributed by atoms with E-state index in [1.807, 2.05) is 48.9 Å². The Hall–Kier alpha value is -3.77. The van der Waals surface area contributed by atoms with Crippen molar-refractivity contribution in [1.29, 1.82) is 5.26 Å². The predicted octanol–water partition coefficient (Wildman–Crippen LogP) is 4.40. The molecule has 5 rings (SSSR count). The zero-order chi connectivity index (χ0) is 24.9. The van der Waals surface area contributed by atoms with E-state index in [4.69, 9.17) is 19.9 Å². The molecule has 9 heteroatoms. The first-order valence-electron chi connectivity index (χ1n) is 11.1. The van der Waals surface area contributed by atoms with Crippen molar-refractivity contribution >= 4 is 21.9 Å². The van der Waals surface area contributed by atoms with Gasteiger partial charge >= 0.3 is 5.97 Å². The summed E-state index contributed by atoms with van der Waals surface area (Å²) in [6.45, 7) is 4.36. The van der Waals surface area contributed by atoms with Gasteiger partial charge in [-0.25, -0.2) is 0 Å². The van der Waals surface area contributed by atoms with Crippen LogP contribution in [0.25, 0.3) is 0 Å². The molecule has 0 amide bonds. The highest BCUT2D eigenvalue weighted by molar-refractivity contribution is 9.10. The molecule has 2 aliphatic rings. The standard InChI is InChI=1S/C26H23BrN4O4/c1-13-23(27)14(2)31(30-13)12-16-10-15(8-9-19(16)33-3)21-18(11-28)25(29)35-24-17-6-4-5-7-20(17)34-26(32)22(21)24/h4-10,21-22,24H,12,29H2,1-3H3/t21-,22-,24-/m1/s1. The Balaban J connectivity index is 1.63. The number of esters is 1. The number of hydrogen-bond acceptors (Lipinski definition) is 7. The number of carbonyl (C=O) groups excluding carboxylic acids is 1. The van der Waals surface area contributed by atoms with Gasteiger partial charge in [-0.2, -0.15) is 10.4 Å². The number of aryl methyl sites for hydroxylation is 1. The predicted molar refractivity (Wildman–Crippen MR) is 130 cm³/mol. The summed E-state index contributed by atoms with van der Waals surface area (Å²) in [6.07, 6.45) is -0.660. The number of ether oxygens (including phenoxy) is 3. The summed E-state index contributed by atoms with van der Waals surface area (Å²) >= 11 is 3.57. The Bertz CT molecular complexity index is 1420. The fourth-order valence-electron chi connectivity index (χ4n) is 4.89. The second-order valence-corrected chi connectivity index (χ2v) is 9.40. The lowest BCUT2D eigenvalue weighted by Crippen LogP contribution is -2.41. The van der Waals surface area contributed by atoms with E-state index in [1.165, 1.54) is 0 Å². The topological polar surface area (TPSA) is 112 Å². The molecule has 2 aromatic carbocycles. The van der Waals surface area contributed by atoms with E-state index in [9.17, 15) is 10.1 Å². The second kappa shape index (κ2) is 8.78. The zero-order valence-corrected chi connectivity index (χ0v) is 21.0. The highest BCUT2D eigenvalue weighted by Gasteiger charge is 2.50. The molecular formula is C26H23BrN4O4. The molecule has 2 N–H and O–H groups in total. The smallest absolute Gasteiger partial charge is 0.319 e. The van der Waals surface area contributed by atoms with Crippen LogP contribution < -0.4 is 15.2 Å². The molecule has 3 atom stereocenters. The van der Waals surface area contributed by atoms with Gasteiger partial charge in [0, 0.05) is 17.0 Å². The normalized spacial score (nSPS) is 20.9. The third-order valence-corrected chi connectivity index (χ3v) is 7.77. The van der Waals surface area contributed by atoms with Crippen LogP contribution in [-0.2, 0) is 16.1 Å². The molecule has 0 aliphatic carbocycles. The fraction of sp³-hybridized carbons (Fsp3) is 0.269. The van der Waals surface area contributed by atoms with Crippen molar-refractivity contribution in [2.45, 2.75) is 32.4 Å². The SMILES string of the molecule is COc1ccc([C@@H]2C(C#N)=C(N)O[C@@H]3c4ccccc4OC(=O)[C@@H]32)cc1Cn1nc(C)c(Br)c1C. The van der Waals surface area contributed by atoms with Gasteiger partial charge in [0.05, 0.1) is 35.1 Å². The maximum atomic E-state index is 13.2. The van der Waals surface area contributed by atoms with Crippen molar-refractivity contribution in [3.8, 4) is 17.6 Å². The van der Waals surface area contributed by atoms with Crippen LogP contribution in [0.5, 0.6) is 11.5 Å². The first kappa shape index (κ1) is 23.0. The minimum atomic E-state index is -0.768. The molecule has 0 spiro atoms. The van der Waals surface area contributed by atoms with Crippen molar-refractivity contribution in [2.24, 2.45) is 11.7 Å². The largest absolute Gasteiger partial charge is 0.496 e. The van der Waals surface area contributed by atoms with Crippen LogP contribution in [0.1, 0.15) is 40.1 Å². The van der Waals surface area contributed by atoms with Gasteiger partial charge in [0.15, 0.2) is 5.88 Å². The van der Waals surface area contributed by atoms with E-state index in [-0.39, 0.29) is 11.5 Å². The summed E-state index contributed by atoms with van der Waals surface area (Å²) < 4.78 is 20.0. The molecule has 0 bridgehead atoms. The van der Waals surface area contributed by atoms with Gasteiger partial charge in [-0.15, -0.1) is 0 Å². The van der Waals surface area contributed by atoms with E-state index in [1.54, 1.807) is 19.2 Å². The number of nitrogens with two attached hydrogens (primary N) is 1. The van der Waals surface area contributed by atoms with Gasteiger partial charge in [-0.1, -0.05) is 24.3 Å². The molecule has 1 aromatic heterocycles. The molecule has 35 heavy (non-hydrogen) atoms. The summed E-state index contributed by atoms with van der Waals surface area (Å²) in [5.74, 6) is -0.737. The minimum Gasteiger partial charge on any atom is -0.496 e. The van der Waals surface area contributed by atoms with Gasteiger partial charge in [0.1, 0.15) is 29.6 Å². The number of fused-ring (bicyclic) bond motifs is 3. The van der Waals surface area contributed by atoms with Gasteiger partial charge in [0.25, 0.3) is 0 Å². The highest BCUT2D eigenvalue weighted by atomic mass is 79.9. The molecule has 0 unspecified atom stereocenters. The molecule has 0 saturated carbocycles. The van der Waals surface area contributed by atoms with Crippen LogP contribution in [0.2, 0.25) is 0 Å². The number of halogens is 1. The average molecular weight is 535 g/mol. The van der Waals surface area contributed by atoms with Gasteiger partial charge in [0.2, 0.25) is 0 Å². The van der Waals surface area contributed by atoms with Crippen molar-refractivity contribution in [3.05, 3.63) is 86.5 Å². The summed E-state index contributed by atoms with van der Waals surface area (Å²) in [6, 6.07) is 15.0. The van der Waals surface area contributed by atoms with Crippen LogP contribution in [-0.4, -0.2) is 22.9 Å². The van der Waals surface area contributed by atoms with Crippen LogP contribution >= 0.6 is 15.9 Å². The first-order valence-corrected chi connectivity index (χ1v) is 11.9. The number of para-hydroxylation sites is 1. The van der Waals surface area contributed by atoms with E-state index in [0.29, 0.717) is 18.0 Å². The van der Waals surface area contributed by atoms with E-state index in [2.05, 4.69) is 27.1 Å². The quantitative estimate of drug-likeness (QED) is 0.389. The van der Waals surface area contributed by atoms with E-state index < -0.39 is 23.9 Å². The maximum Gasteiger partial charge on any atom is 0.319 e. The molecule has 3 heterocycles. The molecule has 178 valence electrons. The number of allylic oxidation sites excluding steroid dienone is 1. The Morgan fingerprint density at radius 1 is 1.26 bits per heavy atom. The van der Waals surface area contributed by atoms with Crippen LogP contribution in [0.4, 0.5) is 0 Å². The Morgan fingerprint density at radius 2 is 2.03 bits per heavy atom. The van der Waals surface area contributed by atoms with Gasteiger partial charge in [-0.3, -0.25) is 9.48 Å². The van der Waals surface area contributed by atoms with Gasteiger partial charge in [-0.05, 0) is 53.5 Å². The molecule has 0 radical (unpaired) electrons. The summed E-state index contributed by atoms with van der Waals surface area (Å²) in [5, 5.41) is 14.6. The first-order chi connectivity index (χ1) is 16.8. The highest BCUT2D eigenvalue weighted by Crippen LogP contribution is 2.51.